The molecule has 2 nitrogen and oxygen atoms in total. The number of rotatable bonds is 2. The van der Waals surface area contributed by atoms with E-state index in [0.717, 1.165) is 32.7 Å². The van der Waals surface area contributed by atoms with Gasteiger partial charge in [0.05, 0.1) is 11.1 Å². The molecule has 0 bridgehead atoms. The van der Waals surface area contributed by atoms with Crippen LogP contribution in [0.15, 0.2) is 140 Å². The second-order valence-electron chi connectivity index (χ2n) is 11.0. The van der Waals surface area contributed by atoms with Crippen molar-refractivity contribution in [2.24, 2.45) is 0 Å². The summed E-state index contributed by atoms with van der Waals surface area (Å²) in [7, 11) is 0. The Bertz CT molecular complexity index is 2190. The summed E-state index contributed by atoms with van der Waals surface area (Å²) in [4.78, 5) is 0. The van der Waals surface area contributed by atoms with E-state index in [0.29, 0.717) is 11.1 Å². The summed E-state index contributed by atoms with van der Waals surface area (Å²) < 4.78 is 0. The highest BCUT2D eigenvalue weighted by molar-refractivity contribution is 6.12. The lowest BCUT2D eigenvalue weighted by molar-refractivity contribution is 1.46. The molecule has 7 rings (SSSR count). The summed E-state index contributed by atoms with van der Waals surface area (Å²) in [6.07, 6.45) is 4.06. The van der Waals surface area contributed by atoms with Crippen LogP contribution in [0.25, 0.3) is 44.5 Å². The van der Waals surface area contributed by atoms with E-state index in [9.17, 15) is 10.5 Å². The topological polar surface area (TPSA) is 47.6 Å². The van der Waals surface area contributed by atoms with Gasteiger partial charge in [-0.15, -0.1) is 0 Å². The van der Waals surface area contributed by atoms with Crippen molar-refractivity contribution in [1.82, 2.24) is 0 Å². The molecule has 7 aromatic carbocycles. The van der Waals surface area contributed by atoms with E-state index in [-0.39, 0.29) is 0 Å². The van der Waals surface area contributed by atoms with E-state index in [4.69, 9.17) is 0 Å². The molecule has 0 amide bonds. The lowest BCUT2D eigenvalue weighted by Gasteiger charge is -2.11. The molecule has 0 spiro atoms. The van der Waals surface area contributed by atoms with Gasteiger partial charge in [-0.1, -0.05) is 163 Å². The smallest absolute Gasteiger partial charge is 0.100 e. The quantitative estimate of drug-likeness (QED) is 0.151. The van der Waals surface area contributed by atoms with Crippen LogP contribution in [0, 0.1) is 43.4 Å². The molecule has 0 aliphatic heterocycles. The van der Waals surface area contributed by atoms with Crippen LogP contribution in [0.2, 0.25) is 0 Å². The minimum atomic E-state index is 0.615. The van der Waals surface area contributed by atoms with E-state index in [1.165, 1.54) is 27.5 Å². The maximum atomic E-state index is 9.88. The maximum Gasteiger partial charge on any atom is 0.100 e. The molecule has 0 aromatic heterocycles. The third-order valence-electron chi connectivity index (χ3n) is 7.79. The van der Waals surface area contributed by atoms with Gasteiger partial charge in [-0.05, 0) is 48.2 Å². The molecule has 0 N–H and O–H groups in total. The van der Waals surface area contributed by atoms with E-state index < -0.39 is 0 Å². The Morgan fingerprint density at radius 2 is 0.978 bits per heavy atom. The minimum Gasteiger partial charge on any atom is -0.192 e. The van der Waals surface area contributed by atoms with Crippen LogP contribution in [-0.2, 0) is 0 Å². The van der Waals surface area contributed by atoms with Gasteiger partial charge in [0.15, 0.2) is 0 Å². The highest BCUT2D eigenvalue weighted by Gasteiger charge is 2.15. The zero-order valence-corrected chi connectivity index (χ0v) is 25.8. The fourth-order valence-electron chi connectivity index (χ4n) is 5.42. The number of aryl methyl sites for hydroxylation is 3. The Morgan fingerprint density at radius 1 is 0.444 bits per heavy atom. The van der Waals surface area contributed by atoms with E-state index in [1.807, 2.05) is 72.8 Å². The molecule has 0 fully saturated rings. The lowest BCUT2D eigenvalue weighted by Crippen LogP contribution is -1.92. The van der Waals surface area contributed by atoms with E-state index in [2.05, 4.69) is 112 Å². The number of nitriles is 2. The zero-order chi connectivity index (χ0) is 31.6. The van der Waals surface area contributed by atoms with Gasteiger partial charge >= 0.3 is 0 Å². The largest absolute Gasteiger partial charge is 0.192 e. The summed E-state index contributed by atoms with van der Waals surface area (Å²) in [5.41, 5.74) is 7.15. The summed E-state index contributed by atoms with van der Waals surface area (Å²) in [5.74, 6) is 0. The van der Waals surface area contributed by atoms with Crippen LogP contribution >= 0.6 is 0 Å². The molecule has 0 aliphatic rings. The van der Waals surface area contributed by atoms with Crippen molar-refractivity contribution in [1.29, 1.82) is 10.5 Å². The first-order valence-corrected chi connectivity index (χ1v) is 15.0. The molecule has 0 saturated carbocycles. The third-order valence-corrected chi connectivity index (χ3v) is 7.79. The zero-order valence-electron chi connectivity index (χ0n) is 25.8. The highest BCUT2D eigenvalue weighted by atomic mass is 14.3. The molecule has 0 radical (unpaired) electrons. The average molecular weight is 579 g/mol. The van der Waals surface area contributed by atoms with Crippen molar-refractivity contribution in [3.8, 4) is 12.1 Å². The maximum absolute atomic E-state index is 9.88. The number of fused-ring (bicyclic) bond motifs is 3. The monoisotopic (exact) mass is 578 g/mol. The summed E-state index contributed by atoms with van der Waals surface area (Å²) in [6.45, 7) is 6.29. The first-order valence-electron chi connectivity index (χ1n) is 15.0. The summed E-state index contributed by atoms with van der Waals surface area (Å²) in [6, 6.07) is 51.5. The van der Waals surface area contributed by atoms with Crippen molar-refractivity contribution in [3.05, 3.63) is 178 Å². The predicted molar refractivity (Wildman–Crippen MR) is 191 cm³/mol. The van der Waals surface area contributed by atoms with Gasteiger partial charge in [0, 0.05) is 21.5 Å². The average Bonchev–Trinajstić information content (AvgIpc) is 3.08. The van der Waals surface area contributed by atoms with Crippen LogP contribution in [0.4, 0.5) is 0 Å². The van der Waals surface area contributed by atoms with E-state index in [1.54, 1.807) is 0 Å². The van der Waals surface area contributed by atoms with Gasteiger partial charge in [-0.25, -0.2) is 0 Å². The number of hydrogen-bond acceptors (Lipinski definition) is 2. The molecule has 216 valence electrons. The van der Waals surface area contributed by atoms with E-state index >= 15 is 0 Å². The second-order valence-corrected chi connectivity index (χ2v) is 11.0. The predicted octanol–water partition coefficient (Wildman–Crippen LogP) is 11.4. The number of benzene rings is 7. The minimum absolute atomic E-state index is 0.615. The third kappa shape index (κ3) is 7.17. The van der Waals surface area contributed by atoms with Gasteiger partial charge < -0.3 is 0 Å². The van der Waals surface area contributed by atoms with Gasteiger partial charge in [-0.3, -0.25) is 0 Å². The van der Waals surface area contributed by atoms with Crippen LogP contribution in [0.5, 0.6) is 0 Å². The first-order chi connectivity index (χ1) is 22.0. The van der Waals surface area contributed by atoms with Crippen molar-refractivity contribution in [2.45, 2.75) is 20.8 Å². The molecule has 0 atom stereocenters. The number of nitrogens with zero attached hydrogens (tertiary/aromatic N) is 2. The molecular weight excluding hydrogens is 544 g/mol. The molecule has 2 heteroatoms. The molecule has 0 heterocycles. The Labute approximate surface area is 265 Å². The fraction of sp³-hybridized carbons (Fsp3) is 0.0698. The van der Waals surface area contributed by atoms with Crippen LogP contribution in [-0.4, -0.2) is 0 Å². The van der Waals surface area contributed by atoms with Crippen molar-refractivity contribution >= 4 is 44.5 Å². The molecule has 45 heavy (non-hydrogen) atoms. The first kappa shape index (κ1) is 30.5. The molecule has 0 unspecified atom stereocenters. The molecule has 0 saturated heterocycles. The van der Waals surface area contributed by atoms with Crippen LogP contribution in [0.3, 0.4) is 0 Å². The SMILES string of the molecule is Cc1ccc(C=Cc2cccc3c(C#N)c4ccccc4c(C#N)c23)cc1.Cc1cccc2ccccc12.Cc1ccccc1. The Hall–Kier alpha value is -5.96. The number of hydrogen-bond donors (Lipinski definition) is 0. The fourth-order valence-corrected chi connectivity index (χ4v) is 5.42. The van der Waals surface area contributed by atoms with Crippen molar-refractivity contribution in [2.75, 3.05) is 0 Å². The van der Waals surface area contributed by atoms with Crippen LogP contribution in [0.1, 0.15) is 38.9 Å². The summed E-state index contributed by atoms with van der Waals surface area (Å²) >= 11 is 0. The standard InChI is InChI=1S/C25H16N2.C11H10.C7H8/c1-17-9-11-18(12-10-17)13-14-19-5-4-8-22-23(15-26)20-6-2-3-7-21(20)24(16-27)25(19)22;1-9-5-4-7-10-6-2-3-8-11(9)10;1-7-5-3-2-4-6-7/h2-14H,1H3;2-8H,1H3;2-6H,1H3. The molecule has 7 aromatic rings. The van der Waals surface area contributed by atoms with Crippen molar-refractivity contribution in [3.63, 3.8) is 0 Å². The Balaban J connectivity index is 0.000000180. The Morgan fingerprint density at radius 3 is 1.60 bits per heavy atom. The highest BCUT2D eigenvalue weighted by Crippen LogP contribution is 2.34. The summed E-state index contributed by atoms with van der Waals surface area (Å²) in [5, 5.41) is 25.6. The van der Waals surface area contributed by atoms with Gasteiger partial charge in [-0.2, -0.15) is 10.5 Å². The second kappa shape index (κ2) is 14.5. The molecule has 0 aliphatic carbocycles. The van der Waals surface area contributed by atoms with Gasteiger partial charge in [0.1, 0.15) is 12.1 Å². The van der Waals surface area contributed by atoms with Crippen molar-refractivity contribution < 1.29 is 0 Å². The lowest BCUT2D eigenvalue weighted by atomic mass is 9.90. The van der Waals surface area contributed by atoms with Gasteiger partial charge in [0.2, 0.25) is 0 Å². The van der Waals surface area contributed by atoms with Crippen LogP contribution < -0.4 is 0 Å². The normalized spacial score (nSPS) is 10.4. The Kier molecular flexibility index (Phi) is 9.81. The van der Waals surface area contributed by atoms with Gasteiger partial charge in [0.25, 0.3) is 0 Å². The molecular formula is C43H34N2.